The molecule has 0 aliphatic carbocycles. The normalized spacial score (nSPS) is 19.0. The number of aromatic nitrogens is 2. The molecule has 2 amide bonds. The van der Waals surface area contributed by atoms with Crippen LogP contribution in [0.5, 0.6) is 0 Å². The van der Waals surface area contributed by atoms with Crippen molar-refractivity contribution in [2.75, 3.05) is 18.4 Å². The van der Waals surface area contributed by atoms with Crippen molar-refractivity contribution < 1.29 is 18.1 Å². The minimum Gasteiger partial charge on any atom is -0.339 e. The Morgan fingerprint density at radius 3 is 2.54 bits per heavy atom. The van der Waals surface area contributed by atoms with Gasteiger partial charge >= 0.3 is 6.03 Å². The molecule has 1 aliphatic heterocycles. The van der Waals surface area contributed by atoms with Gasteiger partial charge in [0.15, 0.2) is 0 Å². The van der Waals surface area contributed by atoms with E-state index in [0.717, 1.165) is 17.7 Å². The van der Waals surface area contributed by atoms with E-state index >= 15 is 0 Å². The molecule has 28 heavy (non-hydrogen) atoms. The summed E-state index contributed by atoms with van der Waals surface area (Å²) in [5.41, 5.74) is 0.389. The van der Waals surface area contributed by atoms with Crippen LogP contribution in [-0.4, -0.2) is 34.2 Å². The van der Waals surface area contributed by atoms with E-state index in [1.54, 1.807) is 0 Å². The van der Waals surface area contributed by atoms with Gasteiger partial charge in [-0.1, -0.05) is 48.5 Å². The number of nitrogens with zero attached hydrogens (tertiary/aromatic N) is 3. The van der Waals surface area contributed by atoms with E-state index in [0.29, 0.717) is 24.8 Å². The molecular formula is C20H18F2N4O2. The molecule has 2 aromatic carbocycles. The van der Waals surface area contributed by atoms with Crippen molar-refractivity contribution in [3.63, 3.8) is 0 Å². The summed E-state index contributed by atoms with van der Waals surface area (Å²) in [6.07, 6.45) is 0. The molecule has 4 rings (SSSR count). The quantitative estimate of drug-likeness (QED) is 0.732. The molecule has 3 aromatic rings. The highest BCUT2D eigenvalue weighted by molar-refractivity contribution is 5.89. The van der Waals surface area contributed by atoms with Gasteiger partial charge in [0.2, 0.25) is 11.7 Å². The molecule has 1 N–H and O–H groups in total. The van der Waals surface area contributed by atoms with E-state index in [4.69, 9.17) is 4.52 Å². The van der Waals surface area contributed by atoms with Gasteiger partial charge in [0.1, 0.15) is 17.3 Å². The molecular weight excluding hydrogens is 366 g/mol. The lowest BCUT2D eigenvalue weighted by Gasteiger charge is -2.17. The highest BCUT2D eigenvalue weighted by atomic mass is 19.1. The van der Waals surface area contributed by atoms with Crippen molar-refractivity contribution in [2.45, 2.75) is 12.8 Å². The second-order valence-corrected chi connectivity index (χ2v) is 6.84. The summed E-state index contributed by atoms with van der Waals surface area (Å²) in [6, 6.07) is 12.3. The number of hydrogen-bond donors (Lipinski definition) is 1. The predicted molar refractivity (Wildman–Crippen MR) is 98.6 cm³/mol. The van der Waals surface area contributed by atoms with E-state index < -0.39 is 23.4 Å². The van der Waals surface area contributed by atoms with Crippen molar-refractivity contribution >= 4 is 11.7 Å². The van der Waals surface area contributed by atoms with Crippen LogP contribution in [0.2, 0.25) is 0 Å². The van der Waals surface area contributed by atoms with Crippen LogP contribution in [0.3, 0.4) is 0 Å². The molecule has 2 heterocycles. The van der Waals surface area contributed by atoms with Crippen LogP contribution in [0.4, 0.5) is 19.3 Å². The predicted octanol–water partition coefficient (Wildman–Crippen LogP) is 4.28. The molecule has 0 radical (unpaired) electrons. The second kappa shape index (κ2) is 7.38. The first-order valence-corrected chi connectivity index (χ1v) is 8.92. The number of likely N-dealkylation sites (tertiary alicyclic amines) is 1. The van der Waals surface area contributed by atoms with E-state index in [1.165, 1.54) is 11.0 Å². The topological polar surface area (TPSA) is 71.3 Å². The Kier molecular flexibility index (Phi) is 4.77. The third kappa shape index (κ3) is 3.45. The summed E-state index contributed by atoms with van der Waals surface area (Å²) in [5, 5.41) is 6.34. The van der Waals surface area contributed by atoms with Gasteiger partial charge in [-0.2, -0.15) is 4.98 Å². The number of amides is 2. The van der Waals surface area contributed by atoms with Crippen molar-refractivity contribution in [3.8, 4) is 11.4 Å². The van der Waals surface area contributed by atoms with Crippen LogP contribution in [0.1, 0.15) is 18.7 Å². The Labute approximate surface area is 160 Å². The van der Waals surface area contributed by atoms with E-state index in [1.807, 2.05) is 37.3 Å². The van der Waals surface area contributed by atoms with Crippen molar-refractivity contribution in [1.29, 1.82) is 0 Å². The number of nitrogens with one attached hydrogen (secondary N) is 1. The maximum Gasteiger partial charge on any atom is 0.322 e. The van der Waals surface area contributed by atoms with Gasteiger partial charge < -0.3 is 14.7 Å². The molecule has 8 heteroatoms. The zero-order valence-electron chi connectivity index (χ0n) is 15.1. The monoisotopic (exact) mass is 384 g/mol. The van der Waals surface area contributed by atoms with Crippen molar-refractivity contribution in [3.05, 3.63) is 66.1 Å². The number of halogens is 2. The highest BCUT2D eigenvalue weighted by Gasteiger charge is 2.37. The second-order valence-electron chi connectivity index (χ2n) is 6.84. The molecule has 2 atom stereocenters. The zero-order chi connectivity index (χ0) is 19.7. The Balaban J connectivity index is 1.48. The van der Waals surface area contributed by atoms with Gasteiger partial charge in [-0.25, -0.2) is 13.6 Å². The number of anilines is 1. The third-order valence-electron chi connectivity index (χ3n) is 4.89. The fourth-order valence-corrected chi connectivity index (χ4v) is 3.35. The minimum absolute atomic E-state index is 0.0558. The van der Waals surface area contributed by atoms with Crippen LogP contribution in [0.25, 0.3) is 11.4 Å². The standard InChI is InChI=1S/C20H18F2N4O2/c1-12-10-26(20(27)23-17-15(21)8-5-9-16(17)22)11-14(12)19-24-18(25-28-19)13-6-3-2-4-7-13/h2-9,12,14H,10-11H2,1H3,(H,23,27)/t12-,14-/m0/s1. The van der Waals surface area contributed by atoms with Gasteiger partial charge in [-0.15, -0.1) is 0 Å². The lowest BCUT2D eigenvalue weighted by Crippen LogP contribution is -2.33. The molecule has 0 saturated carbocycles. The Morgan fingerprint density at radius 1 is 1.11 bits per heavy atom. The number of carbonyl (C=O) groups is 1. The van der Waals surface area contributed by atoms with Gasteiger partial charge in [-0.3, -0.25) is 0 Å². The third-order valence-corrected chi connectivity index (χ3v) is 4.89. The Morgan fingerprint density at radius 2 is 1.82 bits per heavy atom. The first kappa shape index (κ1) is 18.1. The van der Waals surface area contributed by atoms with E-state index in [2.05, 4.69) is 15.5 Å². The molecule has 6 nitrogen and oxygen atoms in total. The van der Waals surface area contributed by atoms with Gasteiger partial charge in [0.25, 0.3) is 0 Å². The van der Waals surface area contributed by atoms with Crippen LogP contribution in [0.15, 0.2) is 53.1 Å². The lowest BCUT2D eigenvalue weighted by molar-refractivity contribution is 0.220. The molecule has 0 spiro atoms. The average Bonchev–Trinajstić information content (AvgIpc) is 3.32. The van der Waals surface area contributed by atoms with Gasteiger partial charge in [0.05, 0.1) is 5.92 Å². The van der Waals surface area contributed by atoms with Crippen molar-refractivity contribution in [2.24, 2.45) is 5.92 Å². The number of benzene rings is 2. The van der Waals surface area contributed by atoms with E-state index in [9.17, 15) is 13.6 Å². The van der Waals surface area contributed by atoms with Crippen LogP contribution >= 0.6 is 0 Å². The number of rotatable bonds is 3. The Hall–Kier alpha value is -3.29. The average molecular weight is 384 g/mol. The van der Waals surface area contributed by atoms with E-state index in [-0.39, 0.29) is 11.8 Å². The fourth-order valence-electron chi connectivity index (χ4n) is 3.35. The molecule has 0 unspecified atom stereocenters. The lowest BCUT2D eigenvalue weighted by atomic mass is 9.98. The minimum atomic E-state index is -0.818. The number of urea groups is 1. The number of hydrogen-bond acceptors (Lipinski definition) is 4. The summed E-state index contributed by atoms with van der Waals surface area (Å²) < 4.78 is 33.0. The van der Waals surface area contributed by atoms with Gasteiger partial charge in [-0.05, 0) is 18.1 Å². The summed E-state index contributed by atoms with van der Waals surface area (Å²) in [5.74, 6) is -0.803. The summed E-state index contributed by atoms with van der Waals surface area (Å²) in [7, 11) is 0. The summed E-state index contributed by atoms with van der Waals surface area (Å²) in [4.78, 5) is 18.4. The van der Waals surface area contributed by atoms with Crippen LogP contribution in [-0.2, 0) is 0 Å². The highest BCUT2D eigenvalue weighted by Crippen LogP contribution is 2.33. The first-order chi connectivity index (χ1) is 13.5. The molecule has 1 fully saturated rings. The maximum atomic E-state index is 13.8. The number of carbonyl (C=O) groups excluding carboxylic acids is 1. The zero-order valence-corrected chi connectivity index (χ0v) is 15.1. The molecule has 144 valence electrons. The maximum absolute atomic E-state index is 13.8. The molecule has 1 aliphatic rings. The SMILES string of the molecule is C[C@H]1CN(C(=O)Nc2c(F)cccc2F)C[C@@H]1c1nc(-c2ccccc2)no1. The summed E-state index contributed by atoms with van der Waals surface area (Å²) >= 11 is 0. The van der Waals surface area contributed by atoms with Crippen molar-refractivity contribution in [1.82, 2.24) is 15.0 Å². The Bertz CT molecular complexity index is 973. The van der Waals surface area contributed by atoms with Crippen LogP contribution in [0, 0.1) is 17.6 Å². The fraction of sp³-hybridized carbons (Fsp3) is 0.250. The smallest absolute Gasteiger partial charge is 0.322 e. The molecule has 1 saturated heterocycles. The first-order valence-electron chi connectivity index (χ1n) is 8.92. The molecule has 1 aromatic heterocycles. The molecule has 0 bridgehead atoms. The largest absolute Gasteiger partial charge is 0.339 e. The van der Waals surface area contributed by atoms with Gasteiger partial charge in [0, 0.05) is 18.7 Å². The summed E-state index contributed by atoms with van der Waals surface area (Å²) in [6.45, 7) is 2.70. The number of para-hydroxylation sites is 1. The van der Waals surface area contributed by atoms with Crippen LogP contribution < -0.4 is 5.32 Å².